The lowest BCUT2D eigenvalue weighted by Gasteiger charge is -2.08. The van der Waals surface area contributed by atoms with Crippen LogP contribution in [-0.4, -0.2) is 25.9 Å². The number of nitrogens with zero attached hydrogens (tertiary/aromatic N) is 1. The van der Waals surface area contributed by atoms with Crippen molar-refractivity contribution in [3.8, 4) is 17.9 Å². The van der Waals surface area contributed by atoms with Gasteiger partial charge in [0.15, 0.2) is 5.75 Å². The van der Waals surface area contributed by atoms with Gasteiger partial charge in [0.05, 0.1) is 18.4 Å². The van der Waals surface area contributed by atoms with E-state index in [2.05, 4.69) is 16.6 Å². The number of anilines is 1. The summed E-state index contributed by atoms with van der Waals surface area (Å²) in [4.78, 5) is 0. The van der Waals surface area contributed by atoms with Crippen molar-refractivity contribution in [3.05, 3.63) is 28.8 Å². The Morgan fingerprint density at radius 1 is 1.42 bits per heavy atom. The minimum Gasteiger partial charge on any atom is -0.395 e. The van der Waals surface area contributed by atoms with Gasteiger partial charge in [-0.05, 0) is 18.2 Å². The Kier molecular flexibility index (Phi) is 5.65. The summed E-state index contributed by atoms with van der Waals surface area (Å²) < 4.78 is 25.3. The van der Waals surface area contributed by atoms with Crippen molar-refractivity contribution >= 4 is 27.3 Å². The first-order valence-electron chi connectivity index (χ1n) is 5.25. The van der Waals surface area contributed by atoms with Crippen LogP contribution >= 0.6 is 11.6 Å². The number of nitriles is 1. The molecule has 5 nitrogen and oxygen atoms in total. The highest BCUT2D eigenvalue weighted by atomic mass is 35.5. The van der Waals surface area contributed by atoms with Crippen LogP contribution in [0.15, 0.2) is 18.2 Å². The van der Waals surface area contributed by atoms with Gasteiger partial charge in [0, 0.05) is 17.0 Å². The number of rotatable bonds is 4. The number of nitrogens with one attached hydrogen (secondary N) is 1. The maximum atomic E-state index is 11.5. The summed E-state index contributed by atoms with van der Waals surface area (Å²) in [5, 5.41) is 17.4. The zero-order valence-electron chi connectivity index (χ0n) is 9.85. The Hall–Kier alpha value is -1.73. The molecular weight excluding hydrogens is 288 g/mol. The molecule has 0 unspecified atom stereocenters. The van der Waals surface area contributed by atoms with Crippen LogP contribution < -0.4 is 4.72 Å². The van der Waals surface area contributed by atoms with E-state index >= 15 is 0 Å². The number of halogens is 1. The van der Waals surface area contributed by atoms with E-state index in [0.717, 1.165) is 0 Å². The fourth-order valence-electron chi connectivity index (χ4n) is 1.21. The first kappa shape index (κ1) is 15.3. The van der Waals surface area contributed by atoms with E-state index in [4.69, 9.17) is 22.0 Å². The molecule has 1 rings (SSSR count). The van der Waals surface area contributed by atoms with Gasteiger partial charge in [0.1, 0.15) is 0 Å². The van der Waals surface area contributed by atoms with Crippen molar-refractivity contribution in [2.45, 2.75) is 6.42 Å². The normalized spacial score (nSPS) is 10.2. The second kappa shape index (κ2) is 7.01. The average Bonchev–Trinajstić information content (AvgIpc) is 2.31. The molecule has 0 saturated carbocycles. The predicted molar refractivity (Wildman–Crippen MR) is 73.1 cm³/mol. The highest BCUT2D eigenvalue weighted by Crippen LogP contribution is 2.21. The molecule has 0 heterocycles. The minimum absolute atomic E-state index is 0.0733. The summed E-state index contributed by atoms with van der Waals surface area (Å²) in [6, 6.07) is 6.12. The zero-order valence-corrected chi connectivity index (χ0v) is 11.4. The van der Waals surface area contributed by atoms with Gasteiger partial charge < -0.3 is 5.11 Å². The molecule has 0 bridgehead atoms. The minimum atomic E-state index is -3.74. The molecule has 0 aliphatic rings. The van der Waals surface area contributed by atoms with Crippen molar-refractivity contribution < 1.29 is 13.5 Å². The SMILES string of the molecule is N#CCS(=O)(=O)Nc1cc(Cl)ccc1C#CCCO. The summed E-state index contributed by atoms with van der Waals surface area (Å²) in [6.07, 6.45) is 0.285. The summed E-state index contributed by atoms with van der Waals surface area (Å²) >= 11 is 5.80. The third-order valence-corrected chi connectivity index (χ3v) is 3.24. The molecule has 0 atom stereocenters. The Bertz CT molecular complexity index is 654. The molecule has 0 spiro atoms. The first-order chi connectivity index (χ1) is 8.98. The Morgan fingerprint density at radius 2 is 2.16 bits per heavy atom. The van der Waals surface area contributed by atoms with E-state index in [1.807, 2.05) is 0 Å². The lowest BCUT2D eigenvalue weighted by atomic mass is 10.2. The molecule has 100 valence electrons. The van der Waals surface area contributed by atoms with Crippen molar-refractivity contribution in [1.82, 2.24) is 0 Å². The van der Waals surface area contributed by atoms with Gasteiger partial charge >= 0.3 is 0 Å². The van der Waals surface area contributed by atoms with Crippen LogP contribution in [-0.2, 0) is 10.0 Å². The molecule has 0 amide bonds. The van der Waals surface area contributed by atoms with Crippen LogP contribution in [0.25, 0.3) is 0 Å². The molecule has 0 saturated heterocycles. The van der Waals surface area contributed by atoms with E-state index in [1.54, 1.807) is 18.2 Å². The fraction of sp³-hybridized carbons (Fsp3) is 0.250. The average molecular weight is 299 g/mol. The third kappa shape index (κ3) is 5.19. The fourth-order valence-corrected chi connectivity index (χ4v) is 2.13. The summed E-state index contributed by atoms with van der Waals surface area (Å²) in [5.74, 6) is 4.76. The van der Waals surface area contributed by atoms with Crippen molar-refractivity contribution in [3.63, 3.8) is 0 Å². The molecule has 1 aromatic rings. The van der Waals surface area contributed by atoms with Crippen LogP contribution in [0, 0.1) is 23.2 Å². The van der Waals surface area contributed by atoms with Gasteiger partial charge in [-0.25, -0.2) is 8.42 Å². The molecular formula is C12H11ClN2O3S. The van der Waals surface area contributed by atoms with Crippen molar-refractivity contribution in [2.75, 3.05) is 17.1 Å². The highest BCUT2D eigenvalue weighted by Gasteiger charge is 2.12. The van der Waals surface area contributed by atoms with Gasteiger partial charge in [-0.1, -0.05) is 23.4 Å². The van der Waals surface area contributed by atoms with Crippen LogP contribution in [0.5, 0.6) is 0 Å². The number of aliphatic hydroxyl groups is 1. The number of aliphatic hydroxyl groups excluding tert-OH is 1. The maximum Gasteiger partial charge on any atom is 0.246 e. The lowest BCUT2D eigenvalue weighted by molar-refractivity contribution is 0.305. The third-order valence-electron chi connectivity index (χ3n) is 1.96. The van der Waals surface area contributed by atoms with E-state index < -0.39 is 15.8 Å². The Morgan fingerprint density at radius 3 is 2.79 bits per heavy atom. The van der Waals surface area contributed by atoms with Crippen LogP contribution in [0.1, 0.15) is 12.0 Å². The van der Waals surface area contributed by atoms with Gasteiger partial charge in [0.2, 0.25) is 10.0 Å². The van der Waals surface area contributed by atoms with E-state index in [1.165, 1.54) is 6.07 Å². The molecule has 1 aromatic carbocycles. The second-order valence-corrected chi connectivity index (χ2v) is 5.64. The molecule has 0 fully saturated rings. The number of sulfonamides is 1. The van der Waals surface area contributed by atoms with Crippen LogP contribution in [0.4, 0.5) is 5.69 Å². The maximum absolute atomic E-state index is 11.5. The van der Waals surface area contributed by atoms with Gasteiger partial charge in [-0.2, -0.15) is 5.26 Å². The van der Waals surface area contributed by atoms with Gasteiger partial charge in [0.25, 0.3) is 0 Å². The second-order valence-electron chi connectivity index (χ2n) is 3.48. The Labute approximate surface area is 116 Å². The standard InChI is InChI=1S/C12H11ClN2O3S/c13-11-5-4-10(3-1-2-7-16)12(9-11)15-19(17,18)8-6-14/h4-5,9,15-16H,2,7-8H2. The largest absolute Gasteiger partial charge is 0.395 e. The first-order valence-corrected chi connectivity index (χ1v) is 7.28. The van der Waals surface area contributed by atoms with Crippen molar-refractivity contribution in [1.29, 1.82) is 5.26 Å². The number of hydrogen-bond donors (Lipinski definition) is 2. The van der Waals surface area contributed by atoms with E-state index in [9.17, 15) is 8.42 Å². The van der Waals surface area contributed by atoms with Gasteiger partial charge in [-0.15, -0.1) is 0 Å². The van der Waals surface area contributed by atoms with Crippen LogP contribution in [0.2, 0.25) is 5.02 Å². The number of hydrogen-bond acceptors (Lipinski definition) is 4. The van der Waals surface area contributed by atoms with E-state index in [0.29, 0.717) is 10.6 Å². The Balaban J connectivity index is 3.09. The van der Waals surface area contributed by atoms with E-state index in [-0.39, 0.29) is 18.7 Å². The quantitative estimate of drug-likeness (QED) is 0.821. The summed E-state index contributed by atoms with van der Waals surface area (Å²) in [7, 11) is -3.74. The molecule has 19 heavy (non-hydrogen) atoms. The van der Waals surface area contributed by atoms with Crippen molar-refractivity contribution in [2.24, 2.45) is 0 Å². The predicted octanol–water partition coefficient (Wildman–Crippen LogP) is 1.34. The smallest absolute Gasteiger partial charge is 0.246 e. The molecule has 2 N–H and O–H groups in total. The lowest BCUT2D eigenvalue weighted by Crippen LogP contribution is -2.16. The highest BCUT2D eigenvalue weighted by molar-refractivity contribution is 7.92. The summed E-state index contributed by atoms with van der Waals surface area (Å²) in [6.45, 7) is -0.0733. The van der Waals surface area contributed by atoms with Crippen LogP contribution in [0.3, 0.4) is 0 Å². The molecule has 0 aromatic heterocycles. The molecule has 7 heteroatoms. The van der Waals surface area contributed by atoms with Gasteiger partial charge in [-0.3, -0.25) is 4.72 Å². The monoisotopic (exact) mass is 298 g/mol. The zero-order chi connectivity index (χ0) is 14.3. The summed E-state index contributed by atoms with van der Waals surface area (Å²) in [5.41, 5.74) is 0.646. The number of benzene rings is 1. The molecule has 0 aliphatic heterocycles. The topological polar surface area (TPSA) is 90.2 Å². The molecule has 0 aliphatic carbocycles. The molecule has 0 radical (unpaired) electrons.